The molecule has 0 aliphatic carbocycles. The monoisotopic (exact) mass is 304 g/mol. The molecule has 1 aliphatic rings. The summed E-state index contributed by atoms with van der Waals surface area (Å²) in [6, 6.07) is 0. The van der Waals surface area contributed by atoms with E-state index in [2.05, 4.69) is 29.1 Å². The highest BCUT2D eigenvalue weighted by Crippen LogP contribution is 2.21. The topological polar surface area (TPSA) is 76.0 Å². The minimum Gasteiger partial charge on any atom is -0.349 e. The first-order valence-corrected chi connectivity index (χ1v) is 7.95. The van der Waals surface area contributed by atoms with Gasteiger partial charge >= 0.3 is 0 Å². The predicted molar refractivity (Wildman–Crippen MR) is 84.9 cm³/mol. The fourth-order valence-electron chi connectivity index (χ4n) is 2.60. The highest BCUT2D eigenvalue weighted by Gasteiger charge is 2.26. The molecule has 2 rings (SSSR count). The lowest BCUT2D eigenvalue weighted by molar-refractivity contribution is 0.0937. The van der Waals surface area contributed by atoms with Crippen LogP contribution in [0.25, 0.3) is 0 Å². The zero-order valence-electron chi connectivity index (χ0n) is 13.2. The first-order chi connectivity index (χ1) is 10.7. The molecule has 0 unspecified atom stereocenters. The fraction of sp³-hybridized carbons (Fsp3) is 0.562. The van der Waals surface area contributed by atoms with Gasteiger partial charge in [0, 0.05) is 19.6 Å². The Morgan fingerprint density at radius 2 is 2.14 bits per heavy atom. The van der Waals surface area contributed by atoms with Crippen molar-refractivity contribution in [1.29, 1.82) is 0 Å². The number of nitrogens with one attached hydrogen (secondary N) is 2. The number of nitrogens with zero attached hydrogens (tertiary/aromatic N) is 2. The number of fused-ring (bicyclic) bond motifs is 1. The molecule has 6 nitrogen and oxygen atoms in total. The summed E-state index contributed by atoms with van der Waals surface area (Å²) < 4.78 is 1.90. The van der Waals surface area contributed by atoms with Crippen molar-refractivity contribution < 1.29 is 9.59 Å². The van der Waals surface area contributed by atoms with Gasteiger partial charge in [0.1, 0.15) is 5.69 Å². The molecule has 1 aromatic heterocycles. The van der Waals surface area contributed by atoms with E-state index in [1.165, 1.54) is 0 Å². The molecule has 6 heteroatoms. The zero-order valence-corrected chi connectivity index (χ0v) is 13.2. The summed E-state index contributed by atoms with van der Waals surface area (Å²) in [6.45, 7) is 7.43. The molecule has 0 bridgehead atoms. The SMILES string of the molecule is C=CCNC(=O)c1nc(C(=O)NCCCC)n2c1CCCC2. The maximum absolute atomic E-state index is 12.3. The summed E-state index contributed by atoms with van der Waals surface area (Å²) in [5.74, 6) is -0.0768. The van der Waals surface area contributed by atoms with Crippen molar-refractivity contribution in [3.63, 3.8) is 0 Å². The van der Waals surface area contributed by atoms with Gasteiger partial charge in [-0.3, -0.25) is 9.59 Å². The Morgan fingerprint density at radius 1 is 1.32 bits per heavy atom. The van der Waals surface area contributed by atoms with Gasteiger partial charge in [-0.25, -0.2) is 4.98 Å². The maximum Gasteiger partial charge on any atom is 0.287 e. The highest BCUT2D eigenvalue weighted by atomic mass is 16.2. The lowest BCUT2D eigenvalue weighted by atomic mass is 10.1. The Labute approximate surface area is 131 Å². The first kappa shape index (κ1) is 16.3. The van der Waals surface area contributed by atoms with E-state index in [0.717, 1.165) is 44.3 Å². The van der Waals surface area contributed by atoms with Crippen LogP contribution in [0.2, 0.25) is 0 Å². The standard InChI is InChI=1S/C16H24N4O2/c1-3-5-10-18-16(22)14-19-13(15(21)17-9-4-2)12-8-6-7-11-20(12)14/h4H,2-3,5-11H2,1H3,(H,17,21)(H,18,22). The number of hydrogen-bond acceptors (Lipinski definition) is 3. The van der Waals surface area contributed by atoms with Crippen LogP contribution in [0.3, 0.4) is 0 Å². The van der Waals surface area contributed by atoms with Crippen molar-refractivity contribution in [2.75, 3.05) is 13.1 Å². The maximum atomic E-state index is 12.3. The minimum absolute atomic E-state index is 0.195. The first-order valence-electron chi connectivity index (χ1n) is 7.95. The van der Waals surface area contributed by atoms with Crippen LogP contribution in [0.15, 0.2) is 12.7 Å². The normalized spacial score (nSPS) is 13.3. The molecule has 22 heavy (non-hydrogen) atoms. The van der Waals surface area contributed by atoms with E-state index in [1.54, 1.807) is 6.08 Å². The third kappa shape index (κ3) is 3.55. The number of carbonyl (C=O) groups is 2. The Kier molecular flexibility index (Phi) is 5.75. The minimum atomic E-state index is -0.238. The van der Waals surface area contributed by atoms with E-state index < -0.39 is 0 Å². The fourth-order valence-corrected chi connectivity index (χ4v) is 2.60. The smallest absolute Gasteiger partial charge is 0.287 e. The molecule has 0 aromatic carbocycles. The lowest BCUT2D eigenvalue weighted by Crippen LogP contribution is -2.28. The van der Waals surface area contributed by atoms with Crippen LogP contribution in [0.5, 0.6) is 0 Å². The second kappa shape index (κ2) is 7.77. The molecular weight excluding hydrogens is 280 g/mol. The number of hydrogen-bond donors (Lipinski definition) is 2. The Bertz CT molecular complexity index is 563. The van der Waals surface area contributed by atoms with Gasteiger partial charge in [0.15, 0.2) is 5.82 Å². The number of amides is 2. The van der Waals surface area contributed by atoms with Crippen LogP contribution in [-0.4, -0.2) is 34.5 Å². The molecule has 120 valence electrons. The molecule has 0 saturated carbocycles. The van der Waals surface area contributed by atoms with Gasteiger partial charge in [0.25, 0.3) is 11.8 Å². The highest BCUT2D eigenvalue weighted by molar-refractivity contribution is 5.97. The van der Waals surface area contributed by atoms with Gasteiger partial charge in [-0.2, -0.15) is 0 Å². The number of imidazole rings is 1. The Morgan fingerprint density at radius 3 is 2.86 bits per heavy atom. The molecule has 2 heterocycles. The average Bonchev–Trinajstić information content (AvgIpc) is 2.92. The van der Waals surface area contributed by atoms with Gasteiger partial charge in [0.2, 0.25) is 0 Å². The van der Waals surface area contributed by atoms with Crippen molar-refractivity contribution in [2.24, 2.45) is 0 Å². The van der Waals surface area contributed by atoms with E-state index in [9.17, 15) is 9.59 Å². The molecule has 1 aliphatic heterocycles. The van der Waals surface area contributed by atoms with Crippen molar-refractivity contribution in [3.05, 3.63) is 29.9 Å². The van der Waals surface area contributed by atoms with Crippen molar-refractivity contribution >= 4 is 11.8 Å². The van der Waals surface area contributed by atoms with E-state index in [0.29, 0.717) is 24.6 Å². The van der Waals surface area contributed by atoms with E-state index in [1.807, 2.05) is 4.57 Å². The largest absolute Gasteiger partial charge is 0.349 e. The third-order valence-corrected chi connectivity index (χ3v) is 3.76. The van der Waals surface area contributed by atoms with Crippen LogP contribution in [0.4, 0.5) is 0 Å². The number of carbonyl (C=O) groups excluding carboxylic acids is 2. The van der Waals surface area contributed by atoms with Crippen LogP contribution < -0.4 is 10.6 Å². The van der Waals surface area contributed by atoms with Gasteiger partial charge in [-0.05, 0) is 25.7 Å². The summed E-state index contributed by atoms with van der Waals surface area (Å²) >= 11 is 0. The number of aromatic nitrogens is 2. The van der Waals surface area contributed by atoms with Gasteiger partial charge in [0.05, 0.1) is 5.69 Å². The van der Waals surface area contributed by atoms with Crippen molar-refractivity contribution in [3.8, 4) is 0 Å². The van der Waals surface area contributed by atoms with E-state index in [4.69, 9.17) is 0 Å². The van der Waals surface area contributed by atoms with Crippen molar-refractivity contribution in [1.82, 2.24) is 20.2 Å². The summed E-state index contributed by atoms with van der Waals surface area (Å²) in [7, 11) is 0. The molecule has 2 amide bonds. The molecule has 0 fully saturated rings. The zero-order chi connectivity index (χ0) is 15.9. The van der Waals surface area contributed by atoms with Gasteiger partial charge in [-0.15, -0.1) is 6.58 Å². The lowest BCUT2D eigenvalue weighted by Gasteiger charge is -2.17. The summed E-state index contributed by atoms with van der Waals surface area (Å²) in [4.78, 5) is 28.8. The summed E-state index contributed by atoms with van der Waals surface area (Å²) in [5, 5.41) is 5.61. The van der Waals surface area contributed by atoms with Crippen LogP contribution in [0.1, 0.15) is 59.4 Å². The predicted octanol–water partition coefficient (Wildman–Crippen LogP) is 1.67. The molecule has 0 radical (unpaired) electrons. The summed E-state index contributed by atoms with van der Waals surface area (Å²) in [5.41, 5.74) is 1.25. The molecular formula is C16H24N4O2. The number of unbranched alkanes of at least 4 members (excludes halogenated alkanes) is 1. The average molecular weight is 304 g/mol. The third-order valence-electron chi connectivity index (χ3n) is 3.76. The quantitative estimate of drug-likeness (QED) is 0.594. The Balaban J connectivity index is 2.23. The molecule has 1 aromatic rings. The van der Waals surface area contributed by atoms with E-state index >= 15 is 0 Å². The second-order valence-electron chi connectivity index (χ2n) is 5.45. The van der Waals surface area contributed by atoms with Crippen LogP contribution in [0, 0.1) is 0 Å². The molecule has 0 spiro atoms. The molecule has 0 atom stereocenters. The molecule has 0 saturated heterocycles. The number of rotatable bonds is 7. The second-order valence-corrected chi connectivity index (χ2v) is 5.45. The Hall–Kier alpha value is -2.11. The van der Waals surface area contributed by atoms with E-state index in [-0.39, 0.29) is 11.8 Å². The van der Waals surface area contributed by atoms with Crippen LogP contribution in [-0.2, 0) is 13.0 Å². The van der Waals surface area contributed by atoms with Gasteiger partial charge in [-0.1, -0.05) is 19.4 Å². The van der Waals surface area contributed by atoms with Gasteiger partial charge < -0.3 is 15.2 Å². The molecule has 2 N–H and O–H groups in total. The van der Waals surface area contributed by atoms with Crippen molar-refractivity contribution in [2.45, 2.75) is 45.6 Å². The summed E-state index contributed by atoms with van der Waals surface area (Å²) in [6.07, 6.45) is 6.39. The van der Waals surface area contributed by atoms with Crippen LogP contribution >= 0.6 is 0 Å².